The van der Waals surface area contributed by atoms with Crippen LogP contribution in [0.3, 0.4) is 0 Å². The Morgan fingerprint density at radius 3 is 2.52 bits per heavy atom. The van der Waals surface area contributed by atoms with Crippen LogP contribution in [0.1, 0.15) is 57.4 Å². The first-order valence-corrected chi connectivity index (χ1v) is 12.4. The molecule has 0 heterocycles. The smallest absolute Gasteiger partial charge is 0.243 e. The van der Waals surface area contributed by atoms with Crippen molar-refractivity contribution < 1.29 is 14.3 Å². The number of carbonyl (C=O) groups is 2. The van der Waals surface area contributed by atoms with E-state index in [0.29, 0.717) is 29.5 Å². The molecule has 0 aromatic heterocycles. The number of rotatable bonds is 11. The first kappa shape index (κ1) is 25.4. The van der Waals surface area contributed by atoms with Crippen molar-refractivity contribution in [1.29, 1.82) is 0 Å². The Morgan fingerprint density at radius 1 is 1.12 bits per heavy atom. The molecule has 5 nitrogen and oxygen atoms in total. The van der Waals surface area contributed by atoms with Crippen LogP contribution in [0.4, 0.5) is 0 Å². The third-order valence-electron chi connectivity index (χ3n) is 5.99. The Kier molecular flexibility index (Phi) is 9.89. The summed E-state index contributed by atoms with van der Waals surface area (Å²) in [6.07, 6.45) is 5.62. The van der Waals surface area contributed by atoms with Crippen molar-refractivity contribution in [2.75, 3.05) is 6.61 Å². The third-order valence-corrected chi connectivity index (χ3v) is 6.58. The van der Waals surface area contributed by atoms with E-state index in [1.807, 2.05) is 43.3 Å². The Balaban J connectivity index is 1.68. The van der Waals surface area contributed by atoms with E-state index in [1.165, 1.54) is 0 Å². The van der Waals surface area contributed by atoms with Crippen LogP contribution in [0, 0.1) is 0 Å². The molecule has 0 spiro atoms. The second kappa shape index (κ2) is 12.9. The molecule has 1 N–H and O–H groups in total. The highest BCUT2D eigenvalue weighted by Gasteiger charge is 2.30. The van der Waals surface area contributed by atoms with Gasteiger partial charge in [-0.2, -0.15) is 0 Å². The summed E-state index contributed by atoms with van der Waals surface area (Å²) in [6, 6.07) is 14.4. The normalized spacial score (nSPS) is 14.6. The molecule has 2 aromatic rings. The average molecular weight is 491 g/mol. The largest absolute Gasteiger partial charge is 0.494 e. The number of nitrogens with one attached hydrogen (secondary N) is 1. The van der Waals surface area contributed by atoms with Crippen LogP contribution in [0.25, 0.3) is 0 Å². The van der Waals surface area contributed by atoms with Gasteiger partial charge in [-0.1, -0.05) is 67.2 Å². The molecule has 0 radical (unpaired) electrons. The highest BCUT2D eigenvalue weighted by atomic mass is 35.5. The fraction of sp³-hybridized carbons (Fsp3) is 0.462. The fourth-order valence-electron chi connectivity index (χ4n) is 4.19. The molecule has 7 heteroatoms. The number of hydrogen-bond donors (Lipinski definition) is 1. The Labute approximate surface area is 206 Å². The van der Waals surface area contributed by atoms with Crippen molar-refractivity contribution >= 4 is 35.0 Å². The van der Waals surface area contributed by atoms with E-state index in [0.717, 1.165) is 37.0 Å². The summed E-state index contributed by atoms with van der Waals surface area (Å²) in [5, 5.41) is 4.17. The number of amides is 2. The maximum absolute atomic E-state index is 13.3. The predicted octanol–water partition coefficient (Wildman–Crippen LogP) is 6.02. The summed E-state index contributed by atoms with van der Waals surface area (Å²) < 4.78 is 5.72. The van der Waals surface area contributed by atoms with Gasteiger partial charge in [0.05, 0.1) is 6.61 Å². The topological polar surface area (TPSA) is 58.6 Å². The molecule has 2 amide bonds. The number of para-hydroxylation sites is 1. The molecule has 1 aliphatic rings. The van der Waals surface area contributed by atoms with Gasteiger partial charge >= 0.3 is 0 Å². The number of nitrogens with zero attached hydrogens (tertiary/aromatic N) is 1. The van der Waals surface area contributed by atoms with Gasteiger partial charge in [0, 0.05) is 29.1 Å². The molecule has 0 bridgehead atoms. The van der Waals surface area contributed by atoms with E-state index in [1.54, 1.807) is 17.0 Å². The summed E-state index contributed by atoms with van der Waals surface area (Å²) in [5.74, 6) is 0.589. The predicted molar refractivity (Wildman–Crippen MR) is 133 cm³/mol. The zero-order valence-corrected chi connectivity index (χ0v) is 20.6. The van der Waals surface area contributed by atoms with Crippen LogP contribution in [0.5, 0.6) is 5.75 Å². The summed E-state index contributed by atoms with van der Waals surface area (Å²) in [5.41, 5.74) is 0.766. The zero-order chi connectivity index (χ0) is 23.6. The molecule has 0 saturated heterocycles. The molecule has 1 aliphatic carbocycles. The molecule has 178 valence electrons. The highest BCUT2D eigenvalue weighted by Crippen LogP contribution is 2.25. The molecule has 0 aliphatic heterocycles. The standard InChI is InChI=1S/C26H32Cl2N2O3/c1-2-24(26(32)29-21-9-6-7-10-21)30(18-19-14-15-20(27)17-23(19)28)25(31)13-8-16-33-22-11-4-3-5-12-22/h3-5,11-12,14-15,17,21,24H,2,6-10,13,16,18H2,1H3,(H,29,32)/t24-/m0/s1. The van der Waals surface area contributed by atoms with Crippen LogP contribution >= 0.6 is 23.2 Å². The van der Waals surface area contributed by atoms with Crippen molar-refractivity contribution in [1.82, 2.24) is 10.2 Å². The van der Waals surface area contributed by atoms with Crippen molar-refractivity contribution in [3.63, 3.8) is 0 Å². The summed E-state index contributed by atoms with van der Waals surface area (Å²) in [6.45, 7) is 2.61. The van der Waals surface area contributed by atoms with E-state index in [9.17, 15) is 9.59 Å². The first-order valence-electron chi connectivity index (χ1n) is 11.7. The van der Waals surface area contributed by atoms with Gasteiger partial charge in [0.1, 0.15) is 11.8 Å². The average Bonchev–Trinajstić information content (AvgIpc) is 3.31. The lowest BCUT2D eigenvalue weighted by Crippen LogP contribution is -2.51. The lowest BCUT2D eigenvalue weighted by atomic mass is 10.1. The van der Waals surface area contributed by atoms with Gasteiger partial charge in [-0.15, -0.1) is 0 Å². The Morgan fingerprint density at radius 2 is 1.85 bits per heavy atom. The van der Waals surface area contributed by atoms with E-state index in [-0.39, 0.29) is 30.8 Å². The molecule has 1 atom stereocenters. The van der Waals surface area contributed by atoms with Gasteiger partial charge in [-0.25, -0.2) is 0 Å². The van der Waals surface area contributed by atoms with Crippen LogP contribution in [-0.4, -0.2) is 35.4 Å². The van der Waals surface area contributed by atoms with Gasteiger partial charge in [-0.05, 0) is 55.5 Å². The Hall–Kier alpha value is -2.24. The lowest BCUT2D eigenvalue weighted by molar-refractivity contribution is -0.141. The SMILES string of the molecule is CC[C@@H](C(=O)NC1CCCC1)N(Cc1ccc(Cl)cc1Cl)C(=O)CCCOc1ccccc1. The summed E-state index contributed by atoms with van der Waals surface area (Å²) in [4.78, 5) is 28.1. The van der Waals surface area contributed by atoms with Crippen LogP contribution in [0.2, 0.25) is 10.0 Å². The summed E-state index contributed by atoms with van der Waals surface area (Å²) >= 11 is 12.4. The molecule has 3 rings (SSSR count). The molecule has 1 saturated carbocycles. The Bertz CT molecular complexity index is 917. The highest BCUT2D eigenvalue weighted by molar-refractivity contribution is 6.35. The van der Waals surface area contributed by atoms with Crippen molar-refractivity contribution in [3.8, 4) is 5.75 Å². The minimum Gasteiger partial charge on any atom is -0.494 e. The van der Waals surface area contributed by atoms with Crippen molar-refractivity contribution in [2.24, 2.45) is 0 Å². The number of benzene rings is 2. The van der Waals surface area contributed by atoms with E-state index in [4.69, 9.17) is 27.9 Å². The minimum absolute atomic E-state index is 0.0916. The lowest BCUT2D eigenvalue weighted by Gasteiger charge is -2.32. The number of carbonyl (C=O) groups excluding carboxylic acids is 2. The second-order valence-corrected chi connectivity index (χ2v) is 9.28. The van der Waals surface area contributed by atoms with Crippen LogP contribution in [0.15, 0.2) is 48.5 Å². The van der Waals surface area contributed by atoms with Gasteiger partial charge < -0.3 is 15.0 Å². The van der Waals surface area contributed by atoms with Gasteiger partial charge in [0.15, 0.2) is 0 Å². The van der Waals surface area contributed by atoms with Crippen LogP contribution in [-0.2, 0) is 16.1 Å². The fourth-order valence-corrected chi connectivity index (χ4v) is 4.66. The first-order chi connectivity index (χ1) is 16.0. The second-order valence-electron chi connectivity index (χ2n) is 8.44. The quantitative estimate of drug-likeness (QED) is 0.391. The molecular weight excluding hydrogens is 459 g/mol. The van der Waals surface area contributed by atoms with Gasteiger partial charge in [0.2, 0.25) is 11.8 Å². The van der Waals surface area contributed by atoms with E-state index in [2.05, 4.69) is 5.32 Å². The van der Waals surface area contributed by atoms with Crippen LogP contribution < -0.4 is 10.1 Å². The third kappa shape index (κ3) is 7.65. The number of halogens is 2. The van der Waals surface area contributed by atoms with E-state index < -0.39 is 6.04 Å². The molecule has 2 aromatic carbocycles. The molecule has 33 heavy (non-hydrogen) atoms. The molecule has 1 fully saturated rings. The molecular formula is C26H32Cl2N2O3. The van der Waals surface area contributed by atoms with Gasteiger partial charge in [0.25, 0.3) is 0 Å². The summed E-state index contributed by atoms with van der Waals surface area (Å²) in [7, 11) is 0. The van der Waals surface area contributed by atoms with E-state index >= 15 is 0 Å². The number of hydrogen-bond acceptors (Lipinski definition) is 3. The van der Waals surface area contributed by atoms with Crippen molar-refractivity contribution in [3.05, 3.63) is 64.1 Å². The minimum atomic E-state index is -0.556. The van der Waals surface area contributed by atoms with Crippen molar-refractivity contribution in [2.45, 2.75) is 70.5 Å². The van der Waals surface area contributed by atoms with Gasteiger partial charge in [-0.3, -0.25) is 9.59 Å². The number of ether oxygens (including phenoxy) is 1. The maximum Gasteiger partial charge on any atom is 0.243 e. The zero-order valence-electron chi connectivity index (χ0n) is 19.1. The monoisotopic (exact) mass is 490 g/mol. The maximum atomic E-state index is 13.3. The molecule has 0 unspecified atom stereocenters.